The number of halogens is 3. The molecule has 0 fully saturated rings. The summed E-state index contributed by atoms with van der Waals surface area (Å²) in [4.78, 5) is 11.8. The van der Waals surface area contributed by atoms with Gasteiger partial charge in [-0.2, -0.15) is 0 Å². The Morgan fingerprint density at radius 1 is 1.31 bits per heavy atom. The average molecular weight is 290 g/mol. The van der Waals surface area contributed by atoms with Crippen molar-refractivity contribution < 1.29 is 9.53 Å². The van der Waals surface area contributed by atoms with Crippen LogP contribution in [-0.2, 0) is 9.53 Å². The highest BCUT2D eigenvalue weighted by Crippen LogP contribution is 2.28. The summed E-state index contributed by atoms with van der Waals surface area (Å²) in [5, 5.41) is 0. The highest BCUT2D eigenvalue weighted by Gasteiger charge is 2.28. The summed E-state index contributed by atoms with van der Waals surface area (Å²) in [7, 11) is 0. The van der Waals surface area contributed by atoms with E-state index >= 15 is 0 Å². The van der Waals surface area contributed by atoms with Gasteiger partial charge in [-0.1, -0.05) is 68.4 Å². The standard InChI is InChI=1S/C11H19Cl3O2/c1-4-6-9(8(3)5-2)10(15)16-7-11(12,13)14/h8-9H,4-7H2,1-3H3. The zero-order valence-corrected chi connectivity index (χ0v) is 12.2. The van der Waals surface area contributed by atoms with E-state index in [1.54, 1.807) is 0 Å². The van der Waals surface area contributed by atoms with Crippen molar-refractivity contribution in [2.45, 2.75) is 43.8 Å². The molecule has 2 atom stereocenters. The quantitative estimate of drug-likeness (QED) is 0.536. The van der Waals surface area contributed by atoms with Crippen molar-refractivity contribution in [3.05, 3.63) is 0 Å². The molecule has 0 bridgehead atoms. The number of hydrogen-bond acceptors (Lipinski definition) is 2. The molecule has 0 aromatic carbocycles. The maximum Gasteiger partial charge on any atom is 0.309 e. The third-order valence-corrected chi connectivity index (χ3v) is 2.94. The molecule has 0 aromatic rings. The minimum Gasteiger partial charge on any atom is -0.461 e. The number of ether oxygens (including phenoxy) is 1. The average Bonchev–Trinajstić information content (AvgIpc) is 2.20. The number of carbonyl (C=O) groups is 1. The predicted molar refractivity (Wildman–Crippen MR) is 69.1 cm³/mol. The fraction of sp³-hybridized carbons (Fsp3) is 0.909. The van der Waals surface area contributed by atoms with Crippen molar-refractivity contribution in [3.8, 4) is 0 Å². The molecule has 0 aliphatic rings. The first-order chi connectivity index (χ1) is 7.31. The van der Waals surface area contributed by atoms with Crippen LogP contribution in [0.1, 0.15) is 40.0 Å². The summed E-state index contributed by atoms with van der Waals surface area (Å²) < 4.78 is 3.48. The third-order valence-electron chi connectivity index (χ3n) is 2.61. The van der Waals surface area contributed by atoms with Gasteiger partial charge in [0.05, 0.1) is 5.92 Å². The fourth-order valence-corrected chi connectivity index (χ4v) is 1.65. The van der Waals surface area contributed by atoms with E-state index in [2.05, 4.69) is 6.92 Å². The van der Waals surface area contributed by atoms with Gasteiger partial charge in [0.2, 0.25) is 3.79 Å². The second-order valence-electron chi connectivity index (χ2n) is 4.00. The van der Waals surface area contributed by atoms with Gasteiger partial charge in [-0.25, -0.2) is 0 Å². The number of rotatable bonds is 6. The van der Waals surface area contributed by atoms with Crippen LogP contribution in [0.5, 0.6) is 0 Å². The van der Waals surface area contributed by atoms with Crippen LogP contribution in [0.25, 0.3) is 0 Å². The lowest BCUT2D eigenvalue weighted by molar-refractivity contribution is -0.150. The first-order valence-corrected chi connectivity index (χ1v) is 6.68. The van der Waals surface area contributed by atoms with Gasteiger partial charge >= 0.3 is 5.97 Å². The van der Waals surface area contributed by atoms with E-state index in [9.17, 15) is 4.79 Å². The second kappa shape index (κ2) is 7.62. The van der Waals surface area contributed by atoms with E-state index in [1.807, 2.05) is 13.8 Å². The molecule has 0 saturated heterocycles. The minimum absolute atomic E-state index is 0.0950. The van der Waals surface area contributed by atoms with E-state index in [0.717, 1.165) is 19.3 Å². The summed E-state index contributed by atoms with van der Waals surface area (Å²) >= 11 is 16.6. The molecule has 0 rings (SSSR count). The third kappa shape index (κ3) is 6.82. The van der Waals surface area contributed by atoms with Gasteiger partial charge in [-0.05, 0) is 12.3 Å². The Morgan fingerprint density at radius 3 is 2.25 bits per heavy atom. The normalized spacial score (nSPS) is 15.6. The Labute approximate surface area is 113 Å². The predicted octanol–water partition coefficient (Wildman–Crippen LogP) is 4.36. The van der Waals surface area contributed by atoms with Gasteiger partial charge in [0.15, 0.2) is 0 Å². The maximum absolute atomic E-state index is 11.8. The van der Waals surface area contributed by atoms with E-state index in [-0.39, 0.29) is 18.5 Å². The molecular formula is C11H19Cl3O2. The lowest BCUT2D eigenvalue weighted by Crippen LogP contribution is -2.27. The van der Waals surface area contributed by atoms with Gasteiger partial charge in [0.1, 0.15) is 6.61 Å². The minimum atomic E-state index is -1.53. The summed E-state index contributed by atoms with van der Waals surface area (Å²) in [6.45, 7) is 5.94. The van der Waals surface area contributed by atoms with Crippen molar-refractivity contribution in [1.82, 2.24) is 0 Å². The van der Waals surface area contributed by atoms with Gasteiger partial charge in [0.25, 0.3) is 0 Å². The van der Waals surface area contributed by atoms with Crippen molar-refractivity contribution in [3.63, 3.8) is 0 Å². The molecular weight excluding hydrogens is 270 g/mol. The highest BCUT2D eigenvalue weighted by molar-refractivity contribution is 6.67. The lowest BCUT2D eigenvalue weighted by atomic mass is 9.88. The zero-order valence-electron chi connectivity index (χ0n) is 9.93. The number of carbonyl (C=O) groups excluding carboxylic acids is 1. The Balaban J connectivity index is 4.28. The molecule has 0 spiro atoms. The van der Waals surface area contributed by atoms with Crippen molar-refractivity contribution in [2.75, 3.05) is 6.61 Å². The number of esters is 1. The van der Waals surface area contributed by atoms with Gasteiger partial charge in [0, 0.05) is 0 Å². The Kier molecular flexibility index (Phi) is 7.79. The van der Waals surface area contributed by atoms with Crippen LogP contribution in [-0.4, -0.2) is 16.4 Å². The molecule has 0 radical (unpaired) electrons. The molecule has 2 unspecified atom stereocenters. The molecule has 0 aliphatic heterocycles. The summed E-state index contributed by atoms with van der Waals surface area (Å²) in [5.74, 6) is -0.0623. The second-order valence-corrected chi connectivity index (χ2v) is 6.52. The molecule has 0 aliphatic carbocycles. The smallest absolute Gasteiger partial charge is 0.309 e. The Hall–Kier alpha value is 0.340. The first kappa shape index (κ1) is 16.3. The molecule has 96 valence electrons. The maximum atomic E-state index is 11.8. The summed E-state index contributed by atoms with van der Waals surface area (Å²) in [6, 6.07) is 0. The van der Waals surface area contributed by atoms with Gasteiger partial charge < -0.3 is 4.74 Å². The van der Waals surface area contributed by atoms with Crippen molar-refractivity contribution >= 4 is 40.8 Å². The highest BCUT2D eigenvalue weighted by atomic mass is 35.6. The van der Waals surface area contributed by atoms with Gasteiger partial charge in [-0.3, -0.25) is 4.79 Å². The van der Waals surface area contributed by atoms with Crippen LogP contribution >= 0.6 is 34.8 Å². The summed E-state index contributed by atoms with van der Waals surface area (Å²) in [6.07, 6.45) is 2.69. The first-order valence-electron chi connectivity index (χ1n) is 5.55. The zero-order chi connectivity index (χ0) is 12.8. The van der Waals surface area contributed by atoms with E-state index < -0.39 is 3.79 Å². The van der Waals surface area contributed by atoms with E-state index in [4.69, 9.17) is 39.5 Å². The fourth-order valence-electron chi connectivity index (χ4n) is 1.49. The van der Waals surface area contributed by atoms with Crippen LogP contribution in [0, 0.1) is 11.8 Å². The van der Waals surface area contributed by atoms with Crippen molar-refractivity contribution in [1.29, 1.82) is 0 Å². The van der Waals surface area contributed by atoms with Crippen LogP contribution in [0.4, 0.5) is 0 Å². The van der Waals surface area contributed by atoms with Crippen LogP contribution < -0.4 is 0 Å². The molecule has 0 saturated carbocycles. The molecule has 2 nitrogen and oxygen atoms in total. The van der Waals surface area contributed by atoms with E-state index in [0.29, 0.717) is 5.92 Å². The van der Waals surface area contributed by atoms with Crippen LogP contribution in [0.2, 0.25) is 0 Å². The monoisotopic (exact) mass is 288 g/mol. The Morgan fingerprint density at radius 2 is 1.88 bits per heavy atom. The Bertz CT molecular complexity index is 214. The molecule has 0 amide bonds. The molecule has 0 N–H and O–H groups in total. The van der Waals surface area contributed by atoms with E-state index in [1.165, 1.54) is 0 Å². The van der Waals surface area contributed by atoms with Crippen molar-refractivity contribution in [2.24, 2.45) is 11.8 Å². The van der Waals surface area contributed by atoms with Crippen LogP contribution in [0.15, 0.2) is 0 Å². The molecule has 0 heterocycles. The summed E-state index contributed by atoms with van der Waals surface area (Å²) in [5.41, 5.74) is 0. The number of alkyl halides is 3. The molecule has 16 heavy (non-hydrogen) atoms. The molecule has 0 aromatic heterocycles. The van der Waals surface area contributed by atoms with Gasteiger partial charge in [-0.15, -0.1) is 0 Å². The largest absolute Gasteiger partial charge is 0.461 e. The number of hydrogen-bond donors (Lipinski definition) is 0. The topological polar surface area (TPSA) is 26.3 Å². The SMILES string of the molecule is CCCC(C(=O)OCC(Cl)(Cl)Cl)C(C)CC. The molecule has 5 heteroatoms. The lowest BCUT2D eigenvalue weighted by Gasteiger charge is -2.22. The van der Waals surface area contributed by atoms with Crippen LogP contribution in [0.3, 0.4) is 0 Å².